The molecule has 172 valence electrons. The van der Waals surface area contributed by atoms with E-state index in [1.165, 1.54) is 0 Å². The number of nitrogen functional groups attached to an aromatic ring is 1. The molecule has 2 fully saturated rings. The fourth-order valence-corrected chi connectivity index (χ4v) is 4.59. The van der Waals surface area contributed by atoms with Crippen molar-refractivity contribution in [2.45, 2.75) is 24.6 Å². The number of hydrogen-bond donors (Lipinski definition) is 3. The number of aromatic carboxylic acids is 1. The summed E-state index contributed by atoms with van der Waals surface area (Å²) in [5.74, 6) is -4.77. The summed E-state index contributed by atoms with van der Waals surface area (Å²) in [5, 5.41) is 8.95. The summed E-state index contributed by atoms with van der Waals surface area (Å²) in [6, 6.07) is 1.90. The Morgan fingerprint density at radius 2 is 2.03 bits per heavy atom. The summed E-state index contributed by atoms with van der Waals surface area (Å²) in [5.41, 5.74) is 9.04. The van der Waals surface area contributed by atoms with Crippen molar-refractivity contribution in [2.24, 2.45) is 5.73 Å². The summed E-state index contributed by atoms with van der Waals surface area (Å²) in [4.78, 5) is 30.4. The van der Waals surface area contributed by atoms with E-state index >= 15 is 4.39 Å². The number of carboxylic acid groups (broad SMARTS) is 1. The molecule has 0 saturated carbocycles. The zero-order valence-corrected chi connectivity index (χ0v) is 17.0. The van der Waals surface area contributed by atoms with Gasteiger partial charge in [-0.1, -0.05) is 0 Å². The van der Waals surface area contributed by atoms with E-state index in [0.717, 1.165) is 22.9 Å². The Morgan fingerprint density at radius 3 is 2.73 bits per heavy atom. The minimum absolute atomic E-state index is 0.201. The lowest BCUT2D eigenvalue weighted by Gasteiger charge is -2.25. The van der Waals surface area contributed by atoms with E-state index in [2.05, 4.69) is 4.98 Å². The van der Waals surface area contributed by atoms with Crippen molar-refractivity contribution >= 4 is 28.5 Å². The van der Waals surface area contributed by atoms with Gasteiger partial charge in [0.2, 0.25) is 5.43 Å². The number of rotatable bonds is 3. The summed E-state index contributed by atoms with van der Waals surface area (Å²) in [6.45, 7) is 0.629. The summed E-state index contributed by atoms with van der Waals surface area (Å²) >= 11 is 0. The van der Waals surface area contributed by atoms with Crippen LogP contribution in [0.3, 0.4) is 0 Å². The number of pyridine rings is 2. The van der Waals surface area contributed by atoms with E-state index in [1.54, 1.807) is 4.90 Å². The molecule has 0 spiro atoms. The predicted molar refractivity (Wildman–Crippen MR) is 112 cm³/mol. The third kappa shape index (κ3) is 3.13. The van der Waals surface area contributed by atoms with Crippen LogP contribution in [-0.4, -0.2) is 52.0 Å². The number of fused-ring (bicyclic) bond motifs is 2. The molecule has 9 nitrogen and oxygen atoms in total. The molecule has 2 saturated heterocycles. The van der Waals surface area contributed by atoms with Gasteiger partial charge in [0.05, 0.1) is 34.9 Å². The second-order valence-corrected chi connectivity index (χ2v) is 8.01. The zero-order valence-electron chi connectivity index (χ0n) is 17.0. The lowest BCUT2D eigenvalue weighted by Crippen LogP contribution is -2.35. The van der Waals surface area contributed by atoms with E-state index in [4.69, 9.17) is 16.2 Å². The molecule has 4 heterocycles. The molecule has 2 aliphatic rings. The molecular weight excluding hydrogens is 443 g/mol. The summed E-state index contributed by atoms with van der Waals surface area (Å²) < 4.78 is 50.1. The highest BCUT2D eigenvalue weighted by atomic mass is 19.1. The minimum atomic E-state index is -1.63. The monoisotopic (exact) mass is 461 g/mol. The molecule has 1 aromatic carbocycles. The second-order valence-electron chi connectivity index (χ2n) is 8.01. The number of ether oxygens (including phenoxy) is 1. The van der Waals surface area contributed by atoms with Crippen LogP contribution in [0.1, 0.15) is 16.8 Å². The van der Waals surface area contributed by atoms with Crippen LogP contribution >= 0.6 is 0 Å². The normalized spacial score (nSPS) is 22.2. The van der Waals surface area contributed by atoms with Gasteiger partial charge in [-0.3, -0.25) is 9.36 Å². The van der Waals surface area contributed by atoms with Crippen molar-refractivity contribution < 1.29 is 27.8 Å². The average Bonchev–Trinajstić information content (AvgIpc) is 3.35. The highest BCUT2D eigenvalue weighted by molar-refractivity contribution is 5.97. The first kappa shape index (κ1) is 21.2. The van der Waals surface area contributed by atoms with Gasteiger partial charge in [-0.25, -0.2) is 22.9 Å². The number of halogens is 3. The van der Waals surface area contributed by atoms with Gasteiger partial charge in [0.15, 0.2) is 17.3 Å². The first-order valence-electron chi connectivity index (χ1n) is 10.1. The molecule has 33 heavy (non-hydrogen) atoms. The van der Waals surface area contributed by atoms with Crippen LogP contribution in [-0.2, 0) is 4.74 Å². The van der Waals surface area contributed by atoms with Crippen LogP contribution in [0.2, 0.25) is 0 Å². The maximum Gasteiger partial charge on any atom is 0.341 e. The Kier molecular flexibility index (Phi) is 4.79. The van der Waals surface area contributed by atoms with Crippen LogP contribution in [0.4, 0.5) is 24.7 Å². The van der Waals surface area contributed by atoms with Gasteiger partial charge < -0.3 is 26.2 Å². The van der Waals surface area contributed by atoms with Crippen LogP contribution in [0, 0.1) is 17.5 Å². The molecule has 12 heteroatoms. The van der Waals surface area contributed by atoms with Gasteiger partial charge in [-0.15, -0.1) is 0 Å². The Hall–Kier alpha value is -3.64. The van der Waals surface area contributed by atoms with Gasteiger partial charge >= 0.3 is 5.97 Å². The van der Waals surface area contributed by atoms with Crippen molar-refractivity contribution in [1.82, 2.24) is 9.55 Å². The van der Waals surface area contributed by atoms with Gasteiger partial charge in [0.25, 0.3) is 0 Å². The molecule has 0 aliphatic carbocycles. The number of aromatic nitrogens is 2. The van der Waals surface area contributed by atoms with Crippen molar-refractivity contribution in [1.29, 1.82) is 0 Å². The van der Waals surface area contributed by atoms with E-state index in [9.17, 15) is 23.5 Å². The summed E-state index contributed by atoms with van der Waals surface area (Å²) in [6.07, 6.45) is 1.08. The highest BCUT2D eigenvalue weighted by Crippen LogP contribution is 2.36. The number of nitrogens with two attached hydrogens (primary N) is 2. The maximum absolute atomic E-state index is 15.4. The fourth-order valence-electron chi connectivity index (χ4n) is 4.59. The zero-order chi connectivity index (χ0) is 23.6. The van der Waals surface area contributed by atoms with Crippen molar-refractivity contribution in [3.8, 4) is 5.69 Å². The van der Waals surface area contributed by atoms with Gasteiger partial charge in [0.1, 0.15) is 17.2 Å². The maximum atomic E-state index is 15.4. The Morgan fingerprint density at radius 1 is 1.27 bits per heavy atom. The fraction of sp³-hybridized carbons (Fsp3) is 0.286. The number of carboxylic acids is 1. The highest BCUT2D eigenvalue weighted by Gasteiger charge is 2.46. The molecule has 5 N–H and O–H groups in total. The summed E-state index contributed by atoms with van der Waals surface area (Å²) in [7, 11) is 0. The molecule has 2 aliphatic heterocycles. The minimum Gasteiger partial charge on any atom is -0.477 e. The van der Waals surface area contributed by atoms with Crippen LogP contribution in [0.5, 0.6) is 0 Å². The third-order valence-electron chi connectivity index (χ3n) is 6.10. The van der Waals surface area contributed by atoms with E-state index in [-0.39, 0.29) is 35.8 Å². The first-order valence-corrected chi connectivity index (χ1v) is 10.1. The topological polar surface area (TPSA) is 137 Å². The average molecular weight is 461 g/mol. The smallest absolute Gasteiger partial charge is 0.341 e. The van der Waals surface area contributed by atoms with Gasteiger partial charge in [-0.05, 0) is 18.6 Å². The van der Waals surface area contributed by atoms with Crippen molar-refractivity contribution in [2.75, 3.05) is 23.8 Å². The molecule has 3 aromatic rings. The number of benzene rings is 1. The molecule has 0 amide bonds. The SMILES string of the molecule is Nc1c(F)c(N2C[C@H](N)[C@H]3OCC[C@H]32)nc2c1c(=O)c(C(=O)O)cn2-c1ccc(F)cc1F. The van der Waals surface area contributed by atoms with Crippen LogP contribution in [0.25, 0.3) is 16.7 Å². The lowest BCUT2D eigenvalue weighted by molar-refractivity contribution is 0.0695. The molecule has 0 bridgehead atoms. The third-order valence-corrected chi connectivity index (χ3v) is 6.10. The van der Waals surface area contributed by atoms with Gasteiger partial charge in [-0.2, -0.15) is 0 Å². The number of nitrogens with zero attached hydrogens (tertiary/aromatic N) is 3. The van der Waals surface area contributed by atoms with E-state index in [0.29, 0.717) is 19.1 Å². The van der Waals surface area contributed by atoms with Crippen LogP contribution < -0.4 is 21.8 Å². The molecule has 0 radical (unpaired) electrons. The predicted octanol–water partition coefficient (Wildman–Crippen LogP) is 1.39. The van der Waals surface area contributed by atoms with Crippen LogP contribution in [0.15, 0.2) is 29.2 Å². The Bertz CT molecular complexity index is 1380. The molecule has 3 atom stereocenters. The van der Waals surface area contributed by atoms with Gasteiger partial charge in [0, 0.05) is 25.4 Å². The Labute approximate surface area is 184 Å². The van der Waals surface area contributed by atoms with E-state index in [1.807, 2.05) is 0 Å². The lowest BCUT2D eigenvalue weighted by atomic mass is 10.1. The standard InChI is InChI=1S/C21H18F3N5O4/c22-8-1-2-12(10(23)5-8)28-6-9(21(31)32)17(30)14-16(26)15(24)20(27-19(14)28)29-7-11(25)18-13(29)3-4-33-18/h1-2,5-6,11,13,18H,3-4,7,25H2,(H2,26,27)(H,31,32)/t11-,13+,18+/m0/s1. The number of anilines is 2. The number of hydrogen-bond acceptors (Lipinski definition) is 7. The van der Waals surface area contributed by atoms with E-state index < -0.39 is 51.5 Å². The molecular formula is C21H18F3N5O4. The first-order chi connectivity index (χ1) is 15.7. The second kappa shape index (κ2) is 7.46. The molecule has 2 aromatic heterocycles. The quantitative estimate of drug-likeness (QED) is 0.532. The molecule has 0 unspecified atom stereocenters. The van der Waals surface area contributed by atoms with Crippen molar-refractivity contribution in [3.05, 3.63) is 57.6 Å². The van der Waals surface area contributed by atoms with Crippen molar-refractivity contribution in [3.63, 3.8) is 0 Å². The largest absolute Gasteiger partial charge is 0.477 e. The Balaban J connectivity index is 1.83. The number of carbonyl (C=O) groups is 1. The molecule has 5 rings (SSSR count).